The first-order valence-electron chi connectivity index (χ1n) is 5.42. The number of rotatable bonds is 4. The van der Waals surface area contributed by atoms with Gasteiger partial charge in [-0.15, -0.1) is 12.3 Å². The fourth-order valence-electron chi connectivity index (χ4n) is 1.72. The Morgan fingerprint density at radius 3 is 3.19 bits per heavy atom. The Kier molecular flexibility index (Phi) is 3.54. The van der Waals surface area contributed by atoms with Crippen LogP contribution in [0.4, 0.5) is 0 Å². The average Bonchev–Trinajstić information content (AvgIpc) is 2.90. The third-order valence-corrected chi connectivity index (χ3v) is 2.57. The largest absolute Gasteiger partial charge is 0.378 e. The van der Waals surface area contributed by atoms with Crippen molar-refractivity contribution >= 4 is 0 Å². The van der Waals surface area contributed by atoms with Gasteiger partial charge in [0.25, 0.3) is 0 Å². The number of nitrogens with zero attached hydrogens (tertiary/aromatic N) is 2. The van der Waals surface area contributed by atoms with Crippen molar-refractivity contribution in [2.45, 2.75) is 37.8 Å². The Labute approximate surface area is 94.3 Å². The molecule has 5 nitrogen and oxygen atoms in total. The molecule has 0 spiro atoms. The molecule has 0 radical (unpaired) electrons. The molecule has 1 aromatic rings. The molecule has 0 aromatic carbocycles. The Morgan fingerprint density at radius 2 is 2.50 bits per heavy atom. The highest BCUT2D eigenvalue weighted by Gasteiger charge is 2.20. The Balaban J connectivity index is 1.93. The second-order valence-corrected chi connectivity index (χ2v) is 3.90. The van der Waals surface area contributed by atoms with Crippen LogP contribution in [-0.2, 0) is 11.2 Å². The normalized spacial score (nSPS) is 21.9. The first-order chi connectivity index (χ1) is 7.79. The first-order valence-corrected chi connectivity index (χ1v) is 5.42. The van der Waals surface area contributed by atoms with Crippen molar-refractivity contribution in [2.75, 3.05) is 6.61 Å². The Bertz CT molecular complexity index is 377. The van der Waals surface area contributed by atoms with E-state index in [1.165, 1.54) is 0 Å². The van der Waals surface area contributed by atoms with E-state index in [-0.39, 0.29) is 12.1 Å². The van der Waals surface area contributed by atoms with Crippen molar-refractivity contribution in [3.63, 3.8) is 0 Å². The quantitative estimate of drug-likeness (QED) is 0.762. The number of hydrogen-bond acceptors (Lipinski definition) is 5. The molecule has 0 aliphatic carbocycles. The van der Waals surface area contributed by atoms with E-state index in [0.29, 0.717) is 24.6 Å². The minimum atomic E-state index is -0.365. The molecule has 2 rings (SSSR count). The summed E-state index contributed by atoms with van der Waals surface area (Å²) >= 11 is 0. The van der Waals surface area contributed by atoms with Crippen LogP contribution in [-0.4, -0.2) is 22.9 Å². The van der Waals surface area contributed by atoms with Crippen LogP contribution in [0.5, 0.6) is 0 Å². The molecule has 86 valence electrons. The van der Waals surface area contributed by atoms with Gasteiger partial charge in [0.1, 0.15) is 0 Å². The van der Waals surface area contributed by atoms with Gasteiger partial charge in [-0.1, -0.05) is 5.16 Å². The van der Waals surface area contributed by atoms with Crippen LogP contribution in [0.3, 0.4) is 0 Å². The van der Waals surface area contributed by atoms with Gasteiger partial charge in [-0.2, -0.15) is 4.98 Å². The van der Waals surface area contributed by atoms with Crippen LogP contribution >= 0.6 is 0 Å². The number of ether oxygens (including phenoxy) is 1. The molecule has 2 heterocycles. The summed E-state index contributed by atoms with van der Waals surface area (Å²) in [4.78, 5) is 4.21. The van der Waals surface area contributed by atoms with Gasteiger partial charge in [-0.3, -0.25) is 0 Å². The lowest BCUT2D eigenvalue weighted by molar-refractivity contribution is 0.109. The maximum atomic E-state index is 5.76. The monoisotopic (exact) mass is 221 g/mol. The van der Waals surface area contributed by atoms with Crippen LogP contribution in [0.2, 0.25) is 0 Å². The van der Waals surface area contributed by atoms with Gasteiger partial charge < -0.3 is 15.0 Å². The lowest BCUT2D eigenvalue weighted by Gasteiger charge is -2.04. The van der Waals surface area contributed by atoms with Gasteiger partial charge in [0.15, 0.2) is 5.82 Å². The number of hydrogen-bond donors (Lipinski definition) is 1. The highest BCUT2D eigenvalue weighted by molar-refractivity contribution is 4.99. The van der Waals surface area contributed by atoms with Gasteiger partial charge in [0, 0.05) is 19.4 Å². The van der Waals surface area contributed by atoms with Crippen molar-refractivity contribution in [3.8, 4) is 12.3 Å². The summed E-state index contributed by atoms with van der Waals surface area (Å²) in [6.45, 7) is 0.825. The van der Waals surface area contributed by atoms with E-state index in [2.05, 4.69) is 16.1 Å². The highest BCUT2D eigenvalue weighted by Crippen LogP contribution is 2.17. The molecule has 5 heteroatoms. The fourth-order valence-corrected chi connectivity index (χ4v) is 1.72. The minimum absolute atomic E-state index is 0.217. The van der Waals surface area contributed by atoms with Gasteiger partial charge >= 0.3 is 0 Å². The molecule has 0 amide bonds. The minimum Gasteiger partial charge on any atom is -0.378 e. The van der Waals surface area contributed by atoms with E-state index >= 15 is 0 Å². The van der Waals surface area contributed by atoms with E-state index in [9.17, 15) is 0 Å². The predicted molar refractivity (Wildman–Crippen MR) is 57.4 cm³/mol. The summed E-state index contributed by atoms with van der Waals surface area (Å²) in [5, 5.41) is 3.87. The summed E-state index contributed by atoms with van der Waals surface area (Å²) in [7, 11) is 0. The molecular weight excluding hydrogens is 206 g/mol. The van der Waals surface area contributed by atoms with Crippen LogP contribution in [0.1, 0.15) is 37.0 Å². The Hall–Kier alpha value is -1.38. The van der Waals surface area contributed by atoms with Crippen molar-refractivity contribution in [1.82, 2.24) is 10.1 Å². The lowest BCUT2D eigenvalue weighted by atomic mass is 10.2. The third-order valence-electron chi connectivity index (χ3n) is 2.57. The number of aromatic nitrogens is 2. The maximum Gasteiger partial charge on any atom is 0.244 e. The summed E-state index contributed by atoms with van der Waals surface area (Å²) in [6, 6.07) is -0.365. The molecule has 0 saturated carbocycles. The van der Waals surface area contributed by atoms with E-state index in [0.717, 1.165) is 19.4 Å². The van der Waals surface area contributed by atoms with Crippen molar-refractivity contribution in [2.24, 2.45) is 5.73 Å². The Morgan fingerprint density at radius 1 is 1.62 bits per heavy atom. The van der Waals surface area contributed by atoms with E-state index < -0.39 is 0 Å². The zero-order chi connectivity index (χ0) is 11.4. The third kappa shape index (κ3) is 2.60. The fraction of sp³-hybridized carbons (Fsp3) is 0.636. The van der Waals surface area contributed by atoms with Gasteiger partial charge in [0.05, 0.1) is 12.1 Å². The second kappa shape index (κ2) is 5.10. The summed E-state index contributed by atoms with van der Waals surface area (Å²) in [5.74, 6) is 3.53. The SMILES string of the molecule is C#CCC(N)c1nc(CC2CCCO2)no1. The summed E-state index contributed by atoms with van der Waals surface area (Å²) < 4.78 is 10.5. The molecule has 1 fully saturated rings. The number of nitrogens with two attached hydrogens (primary N) is 1. The molecular formula is C11H15N3O2. The molecule has 1 aromatic heterocycles. The van der Waals surface area contributed by atoms with Crippen LogP contribution < -0.4 is 5.73 Å². The first kappa shape index (κ1) is 11.1. The smallest absolute Gasteiger partial charge is 0.244 e. The van der Waals surface area contributed by atoms with Crippen molar-refractivity contribution in [1.29, 1.82) is 0 Å². The average molecular weight is 221 g/mol. The molecule has 1 saturated heterocycles. The molecule has 1 aliphatic heterocycles. The van der Waals surface area contributed by atoms with Crippen molar-refractivity contribution in [3.05, 3.63) is 11.7 Å². The van der Waals surface area contributed by atoms with E-state index in [1.807, 2.05) is 0 Å². The zero-order valence-electron chi connectivity index (χ0n) is 9.06. The van der Waals surface area contributed by atoms with E-state index in [1.54, 1.807) is 0 Å². The molecule has 2 unspecified atom stereocenters. The second-order valence-electron chi connectivity index (χ2n) is 3.90. The predicted octanol–water partition coefficient (Wildman–Crippen LogP) is 0.814. The molecule has 2 atom stereocenters. The molecule has 1 aliphatic rings. The molecule has 0 bridgehead atoms. The van der Waals surface area contributed by atoms with Gasteiger partial charge in [-0.05, 0) is 12.8 Å². The van der Waals surface area contributed by atoms with Crippen LogP contribution in [0.25, 0.3) is 0 Å². The zero-order valence-corrected chi connectivity index (χ0v) is 9.06. The van der Waals surface area contributed by atoms with Crippen LogP contribution in [0.15, 0.2) is 4.52 Å². The molecule has 2 N–H and O–H groups in total. The number of terminal acetylenes is 1. The van der Waals surface area contributed by atoms with Crippen LogP contribution in [0, 0.1) is 12.3 Å². The topological polar surface area (TPSA) is 74.2 Å². The van der Waals surface area contributed by atoms with Gasteiger partial charge in [-0.25, -0.2) is 0 Å². The van der Waals surface area contributed by atoms with E-state index in [4.69, 9.17) is 21.4 Å². The lowest BCUT2D eigenvalue weighted by Crippen LogP contribution is -2.12. The molecule has 16 heavy (non-hydrogen) atoms. The summed E-state index contributed by atoms with van der Waals surface area (Å²) in [5.41, 5.74) is 5.76. The highest BCUT2D eigenvalue weighted by atomic mass is 16.5. The maximum absolute atomic E-state index is 5.76. The standard InChI is InChI=1S/C11H15N3O2/c1-2-4-9(12)11-13-10(14-16-11)7-8-5-3-6-15-8/h1,8-9H,3-7,12H2. The van der Waals surface area contributed by atoms with Crippen molar-refractivity contribution < 1.29 is 9.26 Å². The summed E-state index contributed by atoms with van der Waals surface area (Å²) in [6.07, 6.45) is 8.63. The van der Waals surface area contributed by atoms with Gasteiger partial charge in [0.2, 0.25) is 5.89 Å².